The quantitative estimate of drug-likeness (QED) is 0.853. The Bertz CT molecular complexity index is 342. The van der Waals surface area contributed by atoms with Crippen molar-refractivity contribution in [1.29, 1.82) is 0 Å². The van der Waals surface area contributed by atoms with Crippen LogP contribution in [0.1, 0.15) is 6.92 Å². The van der Waals surface area contributed by atoms with Crippen molar-refractivity contribution in [1.82, 2.24) is 0 Å². The standard InChI is InChI=1S/C11H15ClN2OS/c1-8(16-7-6-13)11(15)14-10-4-2-9(12)3-5-10/h2-5,8H,6-7,13H2,1H3,(H,14,15). The van der Waals surface area contributed by atoms with E-state index in [9.17, 15) is 4.79 Å². The molecule has 0 fully saturated rings. The zero-order valence-electron chi connectivity index (χ0n) is 9.07. The largest absolute Gasteiger partial charge is 0.330 e. The summed E-state index contributed by atoms with van der Waals surface area (Å²) in [5, 5.41) is 3.38. The predicted molar refractivity (Wildman–Crippen MR) is 71.1 cm³/mol. The fourth-order valence-corrected chi connectivity index (χ4v) is 1.92. The Morgan fingerprint density at radius 1 is 1.50 bits per heavy atom. The summed E-state index contributed by atoms with van der Waals surface area (Å²) in [5.74, 6) is 0.774. The van der Waals surface area contributed by atoms with E-state index >= 15 is 0 Å². The minimum Gasteiger partial charge on any atom is -0.330 e. The summed E-state index contributed by atoms with van der Waals surface area (Å²) >= 11 is 7.29. The van der Waals surface area contributed by atoms with Crippen LogP contribution in [-0.2, 0) is 4.79 Å². The summed E-state index contributed by atoms with van der Waals surface area (Å²) in [6.07, 6.45) is 0. The summed E-state index contributed by atoms with van der Waals surface area (Å²) in [6, 6.07) is 7.05. The van der Waals surface area contributed by atoms with Crippen LogP contribution in [0, 0.1) is 0 Å². The molecule has 88 valence electrons. The van der Waals surface area contributed by atoms with Gasteiger partial charge in [0.2, 0.25) is 5.91 Å². The number of anilines is 1. The van der Waals surface area contributed by atoms with Gasteiger partial charge in [-0.25, -0.2) is 0 Å². The number of nitrogens with two attached hydrogens (primary N) is 1. The summed E-state index contributed by atoms with van der Waals surface area (Å²) in [6.45, 7) is 2.45. The van der Waals surface area contributed by atoms with Gasteiger partial charge in [0.1, 0.15) is 0 Å². The molecule has 3 nitrogen and oxygen atoms in total. The van der Waals surface area contributed by atoms with Crippen LogP contribution >= 0.6 is 23.4 Å². The highest BCUT2D eigenvalue weighted by molar-refractivity contribution is 8.00. The molecule has 0 heterocycles. The van der Waals surface area contributed by atoms with Crippen LogP contribution in [0.25, 0.3) is 0 Å². The van der Waals surface area contributed by atoms with E-state index < -0.39 is 0 Å². The lowest BCUT2D eigenvalue weighted by Crippen LogP contribution is -2.23. The molecule has 1 aromatic carbocycles. The zero-order valence-corrected chi connectivity index (χ0v) is 10.6. The maximum absolute atomic E-state index is 11.7. The Morgan fingerprint density at radius 2 is 2.12 bits per heavy atom. The molecule has 5 heteroatoms. The third kappa shape index (κ3) is 4.43. The highest BCUT2D eigenvalue weighted by Gasteiger charge is 2.12. The number of halogens is 1. The molecule has 0 bridgehead atoms. The molecule has 0 saturated carbocycles. The van der Waals surface area contributed by atoms with Gasteiger partial charge >= 0.3 is 0 Å². The van der Waals surface area contributed by atoms with Gasteiger partial charge in [0.05, 0.1) is 5.25 Å². The van der Waals surface area contributed by atoms with Crippen molar-refractivity contribution < 1.29 is 4.79 Å². The van der Waals surface area contributed by atoms with Gasteiger partial charge in [0, 0.05) is 23.0 Å². The second kappa shape index (κ2) is 6.78. The SMILES string of the molecule is CC(SCCN)C(=O)Nc1ccc(Cl)cc1. The molecule has 0 aliphatic heterocycles. The Morgan fingerprint density at radius 3 is 2.69 bits per heavy atom. The summed E-state index contributed by atoms with van der Waals surface area (Å²) in [4.78, 5) is 11.7. The lowest BCUT2D eigenvalue weighted by Gasteiger charge is -2.11. The number of carbonyl (C=O) groups is 1. The first kappa shape index (κ1) is 13.4. The van der Waals surface area contributed by atoms with Gasteiger partial charge in [-0.2, -0.15) is 0 Å². The smallest absolute Gasteiger partial charge is 0.237 e. The molecule has 1 amide bonds. The average Bonchev–Trinajstić information content (AvgIpc) is 2.29. The van der Waals surface area contributed by atoms with Crippen LogP contribution in [0.15, 0.2) is 24.3 Å². The van der Waals surface area contributed by atoms with Crippen molar-refractivity contribution in [3.05, 3.63) is 29.3 Å². The minimum atomic E-state index is -0.0979. The van der Waals surface area contributed by atoms with E-state index in [1.165, 1.54) is 0 Å². The maximum atomic E-state index is 11.7. The molecule has 1 aromatic rings. The van der Waals surface area contributed by atoms with E-state index in [2.05, 4.69) is 5.32 Å². The van der Waals surface area contributed by atoms with Crippen molar-refractivity contribution in [2.45, 2.75) is 12.2 Å². The first-order valence-corrected chi connectivity index (χ1v) is 6.44. The minimum absolute atomic E-state index is 0.0132. The lowest BCUT2D eigenvalue weighted by atomic mass is 10.3. The second-order valence-electron chi connectivity index (χ2n) is 3.30. The number of nitrogens with one attached hydrogen (secondary N) is 1. The van der Waals surface area contributed by atoms with Gasteiger partial charge in [-0.15, -0.1) is 11.8 Å². The number of rotatable bonds is 5. The molecule has 1 rings (SSSR count). The van der Waals surface area contributed by atoms with Crippen LogP contribution in [0.4, 0.5) is 5.69 Å². The van der Waals surface area contributed by atoms with Crippen LogP contribution in [-0.4, -0.2) is 23.5 Å². The van der Waals surface area contributed by atoms with E-state index in [0.717, 1.165) is 11.4 Å². The fourth-order valence-electron chi connectivity index (χ4n) is 1.10. The Labute approximate surface area is 105 Å². The van der Waals surface area contributed by atoms with Gasteiger partial charge in [-0.1, -0.05) is 11.6 Å². The summed E-state index contributed by atoms with van der Waals surface area (Å²) in [5.41, 5.74) is 6.14. The molecule has 16 heavy (non-hydrogen) atoms. The van der Waals surface area contributed by atoms with E-state index in [1.807, 2.05) is 6.92 Å². The number of hydrogen-bond donors (Lipinski definition) is 2. The van der Waals surface area contributed by atoms with Crippen LogP contribution in [0.2, 0.25) is 5.02 Å². The molecule has 1 atom stereocenters. The Balaban J connectivity index is 2.47. The number of benzene rings is 1. The van der Waals surface area contributed by atoms with E-state index in [-0.39, 0.29) is 11.2 Å². The number of hydrogen-bond acceptors (Lipinski definition) is 3. The molecular formula is C11H15ClN2OS. The van der Waals surface area contributed by atoms with Crippen molar-refractivity contribution in [2.24, 2.45) is 5.73 Å². The molecule has 1 unspecified atom stereocenters. The Kier molecular flexibility index (Phi) is 5.66. The van der Waals surface area contributed by atoms with Crippen molar-refractivity contribution in [3.63, 3.8) is 0 Å². The fraction of sp³-hybridized carbons (Fsp3) is 0.364. The van der Waals surface area contributed by atoms with Crippen LogP contribution < -0.4 is 11.1 Å². The molecule has 0 aromatic heterocycles. The van der Waals surface area contributed by atoms with Crippen molar-refractivity contribution in [3.8, 4) is 0 Å². The molecular weight excluding hydrogens is 244 g/mol. The molecule has 0 radical (unpaired) electrons. The van der Waals surface area contributed by atoms with Crippen LogP contribution in [0.3, 0.4) is 0 Å². The van der Waals surface area contributed by atoms with Crippen molar-refractivity contribution >= 4 is 35.0 Å². The van der Waals surface area contributed by atoms with Crippen LogP contribution in [0.5, 0.6) is 0 Å². The molecule has 0 saturated heterocycles. The number of thioether (sulfide) groups is 1. The maximum Gasteiger partial charge on any atom is 0.237 e. The zero-order chi connectivity index (χ0) is 12.0. The predicted octanol–water partition coefficient (Wildman–Crippen LogP) is 2.36. The number of carbonyl (C=O) groups excluding carboxylic acids is 1. The second-order valence-corrected chi connectivity index (χ2v) is 5.18. The number of amides is 1. The molecule has 0 aliphatic rings. The normalized spacial score (nSPS) is 12.2. The average molecular weight is 259 g/mol. The van der Waals surface area contributed by atoms with Gasteiger partial charge in [-0.05, 0) is 31.2 Å². The van der Waals surface area contributed by atoms with Gasteiger partial charge in [0.15, 0.2) is 0 Å². The lowest BCUT2D eigenvalue weighted by molar-refractivity contribution is -0.115. The highest BCUT2D eigenvalue weighted by atomic mass is 35.5. The van der Waals surface area contributed by atoms with Gasteiger partial charge in [-0.3, -0.25) is 4.79 Å². The molecule has 0 aliphatic carbocycles. The summed E-state index contributed by atoms with van der Waals surface area (Å²) < 4.78 is 0. The van der Waals surface area contributed by atoms with E-state index in [0.29, 0.717) is 11.6 Å². The van der Waals surface area contributed by atoms with Crippen molar-refractivity contribution in [2.75, 3.05) is 17.6 Å². The monoisotopic (exact) mass is 258 g/mol. The topological polar surface area (TPSA) is 55.1 Å². The third-order valence-corrected chi connectivity index (χ3v) is 3.40. The van der Waals surface area contributed by atoms with E-state index in [4.69, 9.17) is 17.3 Å². The first-order valence-electron chi connectivity index (χ1n) is 5.01. The van der Waals surface area contributed by atoms with Gasteiger partial charge in [0.25, 0.3) is 0 Å². The molecule has 3 N–H and O–H groups in total. The Hall–Kier alpha value is -0.710. The van der Waals surface area contributed by atoms with E-state index in [1.54, 1.807) is 36.0 Å². The molecule has 0 spiro atoms. The van der Waals surface area contributed by atoms with Gasteiger partial charge < -0.3 is 11.1 Å². The highest BCUT2D eigenvalue weighted by Crippen LogP contribution is 2.16. The first-order chi connectivity index (χ1) is 7.63. The third-order valence-electron chi connectivity index (χ3n) is 1.97. The summed E-state index contributed by atoms with van der Waals surface area (Å²) in [7, 11) is 0.